The van der Waals surface area contributed by atoms with E-state index < -0.39 is 0 Å². The maximum atomic E-state index is 5.50. The molecule has 0 spiro atoms. The molecule has 0 bridgehead atoms. The molecule has 0 aliphatic heterocycles. The molecule has 0 N–H and O–H groups in total. The summed E-state index contributed by atoms with van der Waals surface area (Å²) >= 11 is 0. The van der Waals surface area contributed by atoms with Crippen LogP contribution >= 0.6 is 0 Å². The van der Waals surface area contributed by atoms with Gasteiger partial charge < -0.3 is 4.74 Å². The Kier molecular flexibility index (Phi) is 3.98. The molecule has 1 nitrogen and oxygen atoms in total. The number of methoxy groups -OCH3 is 1. The zero-order chi connectivity index (χ0) is 9.84. The monoisotopic (exact) mass is 182 g/mol. The van der Waals surface area contributed by atoms with Gasteiger partial charge in [0.05, 0.1) is 6.10 Å². The van der Waals surface area contributed by atoms with E-state index in [0.717, 1.165) is 5.92 Å². The van der Waals surface area contributed by atoms with E-state index >= 15 is 0 Å². The highest BCUT2D eigenvalue weighted by molar-refractivity contribution is 5.04. The van der Waals surface area contributed by atoms with Crippen molar-refractivity contribution in [1.29, 1.82) is 0 Å². The summed E-state index contributed by atoms with van der Waals surface area (Å²) in [7, 11) is 1.83. The van der Waals surface area contributed by atoms with Crippen LogP contribution in [-0.2, 0) is 4.74 Å². The van der Waals surface area contributed by atoms with Crippen molar-refractivity contribution in [3.05, 3.63) is 12.2 Å². The minimum absolute atomic E-state index is 0.439. The summed E-state index contributed by atoms with van der Waals surface area (Å²) in [5.41, 5.74) is 1.30. The number of hydrogen-bond acceptors (Lipinski definition) is 1. The minimum atomic E-state index is 0.439. The van der Waals surface area contributed by atoms with Crippen molar-refractivity contribution in [1.82, 2.24) is 0 Å². The van der Waals surface area contributed by atoms with Crippen molar-refractivity contribution >= 4 is 0 Å². The molecule has 1 aliphatic rings. The third-order valence-electron chi connectivity index (χ3n) is 3.23. The van der Waals surface area contributed by atoms with Gasteiger partial charge in [-0.3, -0.25) is 0 Å². The van der Waals surface area contributed by atoms with Gasteiger partial charge in [-0.05, 0) is 25.7 Å². The van der Waals surface area contributed by atoms with Crippen LogP contribution in [0.15, 0.2) is 12.2 Å². The van der Waals surface area contributed by atoms with Gasteiger partial charge in [-0.1, -0.05) is 31.9 Å². The first-order valence-electron chi connectivity index (χ1n) is 5.37. The van der Waals surface area contributed by atoms with Crippen LogP contribution in [0, 0.1) is 11.8 Å². The predicted octanol–water partition coefficient (Wildman–Crippen LogP) is 3.40. The molecular formula is C12H22O. The lowest BCUT2D eigenvalue weighted by atomic mass is 9.96. The van der Waals surface area contributed by atoms with Gasteiger partial charge in [0.25, 0.3) is 0 Å². The first-order chi connectivity index (χ1) is 6.19. The molecular weight excluding hydrogens is 160 g/mol. The van der Waals surface area contributed by atoms with Gasteiger partial charge in [-0.15, -0.1) is 0 Å². The molecule has 13 heavy (non-hydrogen) atoms. The molecule has 1 rings (SSSR count). The summed E-state index contributed by atoms with van der Waals surface area (Å²) in [5.74, 6) is 1.48. The molecule has 3 atom stereocenters. The Morgan fingerprint density at radius 2 is 2.15 bits per heavy atom. The van der Waals surface area contributed by atoms with Gasteiger partial charge in [0, 0.05) is 13.0 Å². The topological polar surface area (TPSA) is 9.23 Å². The molecule has 0 amide bonds. The maximum absolute atomic E-state index is 5.50. The molecule has 1 fully saturated rings. The largest absolute Gasteiger partial charge is 0.381 e. The van der Waals surface area contributed by atoms with Crippen LogP contribution in [0.25, 0.3) is 0 Å². The Labute approximate surface area is 82.2 Å². The smallest absolute Gasteiger partial charge is 0.0639 e. The molecule has 0 radical (unpaired) electrons. The first-order valence-corrected chi connectivity index (χ1v) is 5.37. The van der Waals surface area contributed by atoms with E-state index in [2.05, 4.69) is 20.4 Å². The molecule has 1 heteroatoms. The summed E-state index contributed by atoms with van der Waals surface area (Å²) in [6.07, 6.45) is 5.62. The molecule has 0 aromatic heterocycles. The second kappa shape index (κ2) is 4.80. The molecule has 1 aliphatic carbocycles. The van der Waals surface area contributed by atoms with Gasteiger partial charge in [0.15, 0.2) is 0 Å². The van der Waals surface area contributed by atoms with Crippen molar-refractivity contribution in [3.63, 3.8) is 0 Å². The molecule has 0 aromatic rings. The number of ether oxygens (including phenoxy) is 1. The van der Waals surface area contributed by atoms with Gasteiger partial charge in [0.1, 0.15) is 0 Å². The summed E-state index contributed by atoms with van der Waals surface area (Å²) in [6.45, 7) is 8.44. The van der Waals surface area contributed by atoms with E-state index in [4.69, 9.17) is 4.74 Å². The SMILES string of the molecule is C=C(C)C1CC(CCC)CC1OC. The van der Waals surface area contributed by atoms with Crippen LogP contribution in [0.3, 0.4) is 0 Å². The quantitative estimate of drug-likeness (QED) is 0.605. The fraction of sp³-hybridized carbons (Fsp3) is 0.833. The molecule has 0 heterocycles. The van der Waals surface area contributed by atoms with Gasteiger partial charge >= 0.3 is 0 Å². The Morgan fingerprint density at radius 3 is 2.54 bits per heavy atom. The fourth-order valence-electron chi connectivity index (χ4n) is 2.52. The lowest BCUT2D eigenvalue weighted by Gasteiger charge is -2.17. The molecule has 0 saturated heterocycles. The van der Waals surface area contributed by atoms with Crippen molar-refractivity contribution in [3.8, 4) is 0 Å². The first kappa shape index (κ1) is 10.8. The van der Waals surface area contributed by atoms with E-state index in [1.807, 2.05) is 7.11 Å². The molecule has 0 aromatic carbocycles. The van der Waals surface area contributed by atoms with Crippen LogP contribution in [0.2, 0.25) is 0 Å². The van der Waals surface area contributed by atoms with E-state index in [9.17, 15) is 0 Å². The van der Waals surface area contributed by atoms with Crippen molar-refractivity contribution in [2.75, 3.05) is 7.11 Å². The lowest BCUT2D eigenvalue weighted by Crippen LogP contribution is -2.16. The van der Waals surface area contributed by atoms with E-state index in [1.54, 1.807) is 0 Å². The summed E-state index contributed by atoms with van der Waals surface area (Å²) in [4.78, 5) is 0. The second-order valence-corrected chi connectivity index (χ2v) is 4.35. The van der Waals surface area contributed by atoms with Crippen molar-refractivity contribution in [2.24, 2.45) is 11.8 Å². The Balaban J connectivity index is 2.50. The zero-order valence-corrected chi connectivity index (χ0v) is 9.18. The Hall–Kier alpha value is -0.300. The van der Waals surface area contributed by atoms with E-state index in [1.165, 1.54) is 31.3 Å². The summed E-state index contributed by atoms with van der Waals surface area (Å²) in [6, 6.07) is 0. The zero-order valence-electron chi connectivity index (χ0n) is 9.18. The highest BCUT2D eigenvalue weighted by Gasteiger charge is 2.33. The van der Waals surface area contributed by atoms with Crippen LogP contribution in [0.5, 0.6) is 0 Å². The lowest BCUT2D eigenvalue weighted by molar-refractivity contribution is 0.0806. The van der Waals surface area contributed by atoms with E-state index in [0.29, 0.717) is 12.0 Å². The van der Waals surface area contributed by atoms with Crippen molar-refractivity contribution in [2.45, 2.75) is 45.6 Å². The number of hydrogen-bond donors (Lipinski definition) is 0. The van der Waals surface area contributed by atoms with Crippen LogP contribution in [-0.4, -0.2) is 13.2 Å². The minimum Gasteiger partial charge on any atom is -0.381 e. The van der Waals surface area contributed by atoms with Crippen molar-refractivity contribution < 1.29 is 4.74 Å². The summed E-state index contributed by atoms with van der Waals surface area (Å²) < 4.78 is 5.50. The summed E-state index contributed by atoms with van der Waals surface area (Å²) in [5, 5.41) is 0. The van der Waals surface area contributed by atoms with Gasteiger partial charge in [-0.2, -0.15) is 0 Å². The Bertz CT molecular complexity index is 174. The predicted molar refractivity (Wildman–Crippen MR) is 56.7 cm³/mol. The standard InChI is InChI=1S/C12H22O/c1-5-6-10-7-11(9(2)3)12(8-10)13-4/h10-12H,2,5-8H2,1,3-4H3. The normalized spacial score (nSPS) is 33.6. The third kappa shape index (κ3) is 2.57. The fourth-order valence-corrected chi connectivity index (χ4v) is 2.52. The van der Waals surface area contributed by atoms with Crippen LogP contribution in [0.1, 0.15) is 39.5 Å². The third-order valence-corrected chi connectivity index (χ3v) is 3.23. The second-order valence-electron chi connectivity index (χ2n) is 4.35. The van der Waals surface area contributed by atoms with Crippen LogP contribution in [0.4, 0.5) is 0 Å². The van der Waals surface area contributed by atoms with Crippen LogP contribution < -0.4 is 0 Å². The average molecular weight is 182 g/mol. The molecule has 3 unspecified atom stereocenters. The molecule has 76 valence electrons. The highest BCUT2D eigenvalue weighted by Crippen LogP contribution is 2.38. The Morgan fingerprint density at radius 1 is 1.46 bits per heavy atom. The van der Waals surface area contributed by atoms with Gasteiger partial charge in [-0.25, -0.2) is 0 Å². The van der Waals surface area contributed by atoms with E-state index in [-0.39, 0.29) is 0 Å². The van der Waals surface area contributed by atoms with Gasteiger partial charge in [0.2, 0.25) is 0 Å². The number of rotatable bonds is 4. The highest BCUT2D eigenvalue weighted by atomic mass is 16.5. The average Bonchev–Trinajstić information content (AvgIpc) is 2.48. The molecule has 1 saturated carbocycles. The maximum Gasteiger partial charge on any atom is 0.0639 e.